The maximum atomic E-state index is 13.3. The van der Waals surface area contributed by atoms with Crippen LogP contribution in [0.2, 0.25) is 0 Å². The van der Waals surface area contributed by atoms with Gasteiger partial charge >= 0.3 is 0 Å². The van der Waals surface area contributed by atoms with Gasteiger partial charge in [0.25, 0.3) is 0 Å². The lowest BCUT2D eigenvalue weighted by Crippen LogP contribution is -2.11. The predicted molar refractivity (Wildman–Crippen MR) is 102 cm³/mol. The number of rotatable bonds is 5. The lowest BCUT2D eigenvalue weighted by atomic mass is 10.1. The number of carbonyl (C=O) groups excluding carboxylic acids is 2. The first kappa shape index (κ1) is 17.7. The molecule has 4 rings (SSSR count). The van der Waals surface area contributed by atoms with Gasteiger partial charge in [-0.1, -0.05) is 42.5 Å². The molecule has 28 heavy (non-hydrogen) atoms. The van der Waals surface area contributed by atoms with Crippen LogP contribution in [-0.4, -0.2) is 18.2 Å². The van der Waals surface area contributed by atoms with Crippen LogP contribution in [0.3, 0.4) is 0 Å². The molecule has 0 aliphatic carbocycles. The summed E-state index contributed by atoms with van der Waals surface area (Å²) >= 11 is 0. The topological polar surface area (TPSA) is 52.6 Å². The van der Waals surface area contributed by atoms with Crippen molar-refractivity contribution in [3.05, 3.63) is 101 Å². The number of benzene rings is 3. The van der Waals surface area contributed by atoms with E-state index in [2.05, 4.69) is 0 Å². The van der Waals surface area contributed by atoms with E-state index in [0.717, 1.165) is 0 Å². The third-order valence-corrected chi connectivity index (χ3v) is 4.25. The van der Waals surface area contributed by atoms with Gasteiger partial charge in [-0.3, -0.25) is 9.59 Å². The second-order valence-electron chi connectivity index (χ2n) is 6.23. The summed E-state index contributed by atoms with van der Waals surface area (Å²) in [7, 11) is 0. The molecule has 0 amide bonds. The van der Waals surface area contributed by atoms with Crippen molar-refractivity contribution >= 4 is 17.6 Å². The number of allylic oxidation sites excluding steroid dienone is 1. The number of Topliss-reactive ketones (excluding diaryl/α,β-unsaturated/α-hetero) is 2. The van der Waals surface area contributed by atoms with E-state index in [9.17, 15) is 14.0 Å². The van der Waals surface area contributed by atoms with Crippen LogP contribution in [0, 0.1) is 5.82 Å². The molecule has 0 saturated carbocycles. The van der Waals surface area contributed by atoms with Crippen molar-refractivity contribution in [1.82, 2.24) is 0 Å². The minimum Gasteiger partial charge on any atom is -0.485 e. The highest BCUT2D eigenvalue weighted by Gasteiger charge is 2.27. The highest BCUT2D eigenvalue weighted by Crippen LogP contribution is 2.35. The summed E-state index contributed by atoms with van der Waals surface area (Å²) in [5, 5.41) is 0. The quantitative estimate of drug-likeness (QED) is 0.480. The van der Waals surface area contributed by atoms with Crippen LogP contribution in [0.15, 0.2) is 78.6 Å². The zero-order valence-electron chi connectivity index (χ0n) is 14.7. The molecular weight excluding hydrogens is 359 g/mol. The van der Waals surface area contributed by atoms with E-state index in [1.807, 2.05) is 6.07 Å². The van der Waals surface area contributed by atoms with Gasteiger partial charge in [-0.15, -0.1) is 0 Å². The van der Waals surface area contributed by atoms with Gasteiger partial charge in [0.1, 0.15) is 17.3 Å². The summed E-state index contributed by atoms with van der Waals surface area (Å²) in [5.41, 5.74) is 1.49. The number of hydrogen-bond donors (Lipinski definition) is 0. The predicted octanol–water partition coefficient (Wildman–Crippen LogP) is 4.70. The van der Waals surface area contributed by atoms with Gasteiger partial charge in [0.15, 0.2) is 18.1 Å². The largest absolute Gasteiger partial charge is 0.485 e. The van der Waals surface area contributed by atoms with Gasteiger partial charge in [-0.25, -0.2) is 4.39 Å². The summed E-state index contributed by atoms with van der Waals surface area (Å²) < 4.78 is 24.5. The van der Waals surface area contributed by atoms with Crippen molar-refractivity contribution in [2.24, 2.45) is 0 Å². The maximum absolute atomic E-state index is 13.3. The van der Waals surface area contributed by atoms with Crippen LogP contribution in [0.25, 0.3) is 6.08 Å². The average molecular weight is 374 g/mol. The Kier molecular flexibility index (Phi) is 4.72. The van der Waals surface area contributed by atoms with Crippen molar-refractivity contribution in [3.8, 4) is 11.5 Å². The fraction of sp³-hybridized carbons (Fsp3) is 0.0435. The van der Waals surface area contributed by atoms with Crippen LogP contribution >= 0.6 is 0 Å². The Morgan fingerprint density at radius 1 is 1.00 bits per heavy atom. The summed E-state index contributed by atoms with van der Waals surface area (Å²) in [5.74, 6) is 0.0466. The molecule has 1 aliphatic heterocycles. The molecule has 0 bridgehead atoms. The number of halogens is 1. The molecule has 1 aliphatic rings. The Hall–Kier alpha value is -3.73. The minimum atomic E-state index is -0.393. The molecule has 138 valence electrons. The van der Waals surface area contributed by atoms with Gasteiger partial charge < -0.3 is 9.47 Å². The fourth-order valence-electron chi connectivity index (χ4n) is 2.86. The van der Waals surface area contributed by atoms with Gasteiger partial charge in [0.2, 0.25) is 5.78 Å². The van der Waals surface area contributed by atoms with Crippen LogP contribution in [0.1, 0.15) is 26.3 Å². The fourth-order valence-corrected chi connectivity index (χ4v) is 2.86. The van der Waals surface area contributed by atoms with Crippen LogP contribution in [0.5, 0.6) is 11.5 Å². The Balaban J connectivity index is 1.49. The van der Waals surface area contributed by atoms with Crippen LogP contribution < -0.4 is 9.47 Å². The number of fused-ring (bicyclic) bond motifs is 1. The molecule has 3 aromatic carbocycles. The molecule has 0 saturated heterocycles. The molecule has 1 heterocycles. The van der Waals surface area contributed by atoms with Gasteiger partial charge in [0, 0.05) is 11.6 Å². The molecule has 0 radical (unpaired) electrons. The Labute approximate surface area is 160 Å². The first-order chi connectivity index (χ1) is 13.6. The smallest absolute Gasteiger partial charge is 0.231 e. The maximum Gasteiger partial charge on any atom is 0.231 e. The summed E-state index contributed by atoms with van der Waals surface area (Å²) in [6, 6.07) is 19.5. The van der Waals surface area contributed by atoms with Gasteiger partial charge in [0.05, 0.1) is 5.56 Å². The van der Waals surface area contributed by atoms with E-state index >= 15 is 0 Å². The van der Waals surface area contributed by atoms with E-state index in [4.69, 9.17) is 9.47 Å². The molecule has 3 aromatic rings. The van der Waals surface area contributed by atoms with Crippen molar-refractivity contribution in [2.75, 3.05) is 6.61 Å². The van der Waals surface area contributed by atoms with Crippen LogP contribution in [0.4, 0.5) is 4.39 Å². The standard InChI is InChI=1S/C23H15FO4/c24-17-8-4-5-15(11-17)12-22-23(26)19-10-9-18(13-21(19)28-22)27-14-20(25)16-6-2-1-3-7-16/h1-13H,14H2. The molecule has 0 fully saturated rings. The van der Waals surface area contributed by atoms with Gasteiger partial charge in [-0.2, -0.15) is 0 Å². The van der Waals surface area contributed by atoms with Crippen molar-refractivity contribution in [3.63, 3.8) is 0 Å². The molecule has 0 unspecified atom stereocenters. The SMILES string of the molecule is O=C(COc1ccc2c(c1)OC(=Cc1cccc(F)c1)C2=O)c1ccccc1. The zero-order valence-corrected chi connectivity index (χ0v) is 14.7. The Morgan fingerprint density at radius 3 is 2.61 bits per heavy atom. The second kappa shape index (κ2) is 7.48. The highest BCUT2D eigenvalue weighted by atomic mass is 19.1. The molecule has 0 N–H and O–H groups in total. The average Bonchev–Trinajstić information content (AvgIpc) is 3.01. The van der Waals surface area contributed by atoms with Gasteiger partial charge in [-0.05, 0) is 35.9 Å². The summed E-state index contributed by atoms with van der Waals surface area (Å²) in [6.45, 7) is -0.122. The Bertz CT molecular complexity index is 1090. The minimum absolute atomic E-state index is 0.109. The summed E-state index contributed by atoms with van der Waals surface area (Å²) in [6.07, 6.45) is 1.49. The monoisotopic (exact) mass is 374 g/mol. The molecule has 4 nitrogen and oxygen atoms in total. The first-order valence-corrected chi connectivity index (χ1v) is 8.65. The van der Waals surface area contributed by atoms with Crippen molar-refractivity contribution in [2.45, 2.75) is 0 Å². The number of ketones is 2. The van der Waals surface area contributed by atoms with E-state index in [1.54, 1.807) is 54.6 Å². The van der Waals surface area contributed by atoms with E-state index in [-0.39, 0.29) is 23.9 Å². The molecule has 5 heteroatoms. The third kappa shape index (κ3) is 3.69. The Morgan fingerprint density at radius 2 is 1.82 bits per heavy atom. The second-order valence-corrected chi connectivity index (χ2v) is 6.23. The normalized spacial score (nSPS) is 13.9. The molecule has 0 aromatic heterocycles. The van der Waals surface area contributed by atoms with Crippen molar-refractivity contribution in [1.29, 1.82) is 0 Å². The van der Waals surface area contributed by atoms with E-state index < -0.39 is 5.82 Å². The van der Waals surface area contributed by atoms with Crippen molar-refractivity contribution < 1.29 is 23.5 Å². The van der Waals surface area contributed by atoms with Crippen LogP contribution in [-0.2, 0) is 0 Å². The zero-order chi connectivity index (χ0) is 19.5. The number of ether oxygens (including phenoxy) is 2. The lowest BCUT2D eigenvalue weighted by Gasteiger charge is -2.06. The number of carbonyl (C=O) groups is 2. The number of hydrogen-bond acceptors (Lipinski definition) is 4. The van der Waals surface area contributed by atoms with E-state index in [1.165, 1.54) is 18.2 Å². The molecular formula is C23H15FO4. The molecule has 0 spiro atoms. The molecule has 0 atom stereocenters. The summed E-state index contributed by atoms with van der Waals surface area (Å²) in [4.78, 5) is 24.6. The van der Waals surface area contributed by atoms with E-state index in [0.29, 0.717) is 28.2 Å². The lowest BCUT2D eigenvalue weighted by molar-refractivity contribution is 0.0921. The first-order valence-electron chi connectivity index (χ1n) is 8.65. The highest BCUT2D eigenvalue weighted by molar-refractivity contribution is 6.14. The third-order valence-electron chi connectivity index (χ3n) is 4.25.